The summed E-state index contributed by atoms with van der Waals surface area (Å²) in [6.07, 6.45) is 3.96. The molecule has 0 spiro atoms. The standard InChI is InChI=1S/C18H30N6O2S/c1-13-14(27-12-23-13)15(25)20-9-10-21-17(19-2)22-11-18(7-5-6-8-18)16(26)24(3)4/h12H,5-11H2,1-4H3,(H,20,25)(H2,19,21,22). The molecule has 8 nitrogen and oxygen atoms in total. The molecule has 3 N–H and O–H groups in total. The Morgan fingerprint density at radius 3 is 2.44 bits per heavy atom. The van der Waals surface area contributed by atoms with Crippen LogP contribution in [0.25, 0.3) is 0 Å². The van der Waals surface area contributed by atoms with Gasteiger partial charge in [0.05, 0.1) is 16.6 Å². The fourth-order valence-corrected chi connectivity index (χ4v) is 4.14. The number of aromatic nitrogens is 1. The van der Waals surface area contributed by atoms with Gasteiger partial charge in [0, 0.05) is 40.8 Å². The second kappa shape index (κ2) is 9.68. The summed E-state index contributed by atoms with van der Waals surface area (Å²) in [6.45, 7) is 3.40. The van der Waals surface area contributed by atoms with Crippen molar-refractivity contribution >= 4 is 29.1 Å². The molecular weight excluding hydrogens is 364 g/mol. The minimum Gasteiger partial charge on any atom is -0.355 e. The summed E-state index contributed by atoms with van der Waals surface area (Å²) in [7, 11) is 5.32. The van der Waals surface area contributed by atoms with Crippen LogP contribution in [0.1, 0.15) is 41.0 Å². The minimum atomic E-state index is -0.348. The highest BCUT2D eigenvalue weighted by molar-refractivity contribution is 7.11. The zero-order chi connectivity index (χ0) is 19.9. The second-order valence-electron chi connectivity index (χ2n) is 7.06. The van der Waals surface area contributed by atoms with Crippen molar-refractivity contribution in [3.8, 4) is 0 Å². The Hall–Kier alpha value is -2.16. The van der Waals surface area contributed by atoms with Crippen LogP contribution in [0.5, 0.6) is 0 Å². The van der Waals surface area contributed by atoms with Gasteiger partial charge in [0.15, 0.2) is 5.96 Å². The number of thiazole rings is 1. The van der Waals surface area contributed by atoms with Gasteiger partial charge in [0.1, 0.15) is 4.88 Å². The van der Waals surface area contributed by atoms with Crippen LogP contribution in [0, 0.1) is 12.3 Å². The van der Waals surface area contributed by atoms with E-state index in [1.54, 1.807) is 17.5 Å². The molecule has 27 heavy (non-hydrogen) atoms. The molecule has 0 aromatic carbocycles. The molecule has 1 heterocycles. The summed E-state index contributed by atoms with van der Waals surface area (Å²) in [6, 6.07) is 0. The average Bonchev–Trinajstić information content (AvgIpc) is 3.30. The van der Waals surface area contributed by atoms with Gasteiger partial charge in [-0.25, -0.2) is 4.98 Å². The Morgan fingerprint density at radius 2 is 1.89 bits per heavy atom. The summed E-state index contributed by atoms with van der Waals surface area (Å²) in [5.74, 6) is 0.701. The molecule has 1 fully saturated rings. The van der Waals surface area contributed by atoms with Crippen molar-refractivity contribution in [2.45, 2.75) is 32.6 Å². The Morgan fingerprint density at radius 1 is 1.22 bits per heavy atom. The SMILES string of the molecule is CN=C(NCCNC(=O)c1scnc1C)NCC1(C(=O)N(C)C)CCCC1. The molecule has 1 aromatic heterocycles. The molecule has 0 aliphatic heterocycles. The molecule has 2 rings (SSSR count). The minimum absolute atomic E-state index is 0.110. The molecule has 150 valence electrons. The number of nitrogens with zero attached hydrogens (tertiary/aromatic N) is 3. The maximum atomic E-state index is 12.6. The van der Waals surface area contributed by atoms with E-state index in [9.17, 15) is 9.59 Å². The Labute approximate surface area is 164 Å². The van der Waals surface area contributed by atoms with E-state index in [2.05, 4.69) is 25.9 Å². The quantitative estimate of drug-likeness (QED) is 0.364. The third-order valence-corrected chi connectivity index (χ3v) is 5.82. The lowest BCUT2D eigenvalue weighted by molar-refractivity contribution is -0.138. The van der Waals surface area contributed by atoms with Crippen LogP contribution in [0.4, 0.5) is 0 Å². The highest BCUT2D eigenvalue weighted by atomic mass is 32.1. The predicted octanol–water partition coefficient (Wildman–Crippen LogP) is 0.995. The van der Waals surface area contributed by atoms with Crippen molar-refractivity contribution in [2.75, 3.05) is 40.8 Å². The number of guanidine groups is 1. The Bertz CT molecular complexity index is 679. The lowest BCUT2D eigenvalue weighted by Gasteiger charge is -2.31. The number of nitrogens with one attached hydrogen (secondary N) is 3. The van der Waals surface area contributed by atoms with E-state index in [1.807, 2.05) is 21.0 Å². The van der Waals surface area contributed by atoms with Gasteiger partial charge >= 0.3 is 0 Å². The summed E-state index contributed by atoms with van der Waals surface area (Å²) in [4.78, 5) is 35.3. The zero-order valence-electron chi connectivity index (χ0n) is 16.6. The molecular formula is C18H30N6O2S. The van der Waals surface area contributed by atoms with Gasteiger partial charge in [0.25, 0.3) is 5.91 Å². The van der Waals surface area contributed by atoms with Crippen LogP contribution in [0.3, 0.4) is 0 Å². The summed E-state index contributed by atoms with van der Waals surface area (Å²) in [5, 5.41) is 9.33. The summed E-state index contributed by atoms with van der Waals surface area (Å²) >= 11 is 1.34. The highest BCUT2D eigenvalue weighted by Crippen LogP contribution is 2.38. The van der Waals surface area contributed by atoms with Gasteiger partial charge in [0.2, 0.25) is 5.91 Å². The molecule has 1 aliphatic rings. The third kappa shape index (κ3) is 5.41. The molecule has 0 atom stereocenters. The van der Waals surface area contributed by atoms with Crippen molar-refractivity contribution in [3.05, 3.63) is 16.1 Å². The van der Waals surface area contributed by atoms with Crippen molar-refractivity contribution in [1.29, 1.82) is 0 Å². The molecule has 0 bridgehead atoms. The normalized spacial score (nSPS) is 16.1. The third-order valence-electron chi connectivity index (χ3n) is 4.89. The van der Waals surface area contributed by atoms with Gasteiger partial charge in [-0.2, -0.15) is 0 Å². The van der Waals surface area contributed by atoms with Crippen LogP contribution in [0.2, 0.25) is 0 Å². The zero-order valence-corrected chi connectivity index (χ0v) is 17.4. The number of aryl methyl sites for hydroxylation is 1. The van der Waals surface area contributed by atoms with E-state index in [4.69, 9.17) is 0 Å². The van der Waals surface area contributed by atoms with Crippen molar-refractivity contribution in [1.82, 2.24) is 25.8 Å². The van der Waals surface area contributed by atoms with Crippen molar-refractivity contribution < 1.29 is 9.59 Å². The highest BCUT2D eigenvalue weighted by Gasteiger charge is 2.42. The molecule has 2 amide bonds. The monoisotopic (exact) mass is 394 g/mol. The summed E-state index contributed by atoms with van der Waals surface area (Å²) < 4.78 is 0. The van der Waals surface area contributed by atoms with Crippen LogP contribution in [-0.2, 0) is 4.79 Å². The van der Waals surface area contributed by atoms with Crippen LogP contribution in [0.15, 0.2) is 10.5 Å². The van der Waals surface area contributed by atoms with Crippen LogP contribution < -0.4 is 16.0 Å². The Balaban J connectivity index is 1.78. The van der Waals surface area contributed by atoms with Gasteiger partial charge in [-0.15, -0.1) is 11.3 Å². The van der Waals surface area contributed by atoms with E-state index in [0.717, 1.165) is 31.4 Å². The molecule has 1 aliphatic carbocycles. The van der Waals surface area contributed by atoms with E-state index >= 15 is 0 Å². The van der Waals surface area contributed by atoms with Gasteiger partial charge < -0.3 is 20.9 Å². The number of carbonyl (C=O) groups is 2. The van der Waals surface area contributed by atoms with Crippen molar-refractivity contribution in [3.63, 3.8) is 0 Å². The van der Waals surface area contributed by atoms with E-state index < -0.39 is 0 Å². The first kappa shape index (κ1) is 21.1. The second-order valence-corrected chi connectivity index (χ2v) is 7.92. The van der Waals surface area contributed by atoms with Crippen LogP contribution >= 0.6 is 11.3 Å². The van der Waals surface area contributed by atoms with Gasteiger partial charge in [-0.05, 0) is 19.8 Å². The van der Waals surface area contributed by atoms with Crippen molar-refractivity contribution in [2.24, 2.45) is 10.4 Å². The Kier molecular flexibility index (Phi) is 7.58. The van der Waals surface area contributed by atoms with Gasteiger partial charge in [-0.1, -0.05) is 12.8 Å². The van der Waals surface area contributed by atoms with E-state index in [-0.39, 0.29) is 17.2 Å². The lowest BCUT2D eigenvalue weighted by Crippen LogP contribution is -2.50. The topological polar surface area (TPSA) is 98.7 Å². The van der Waals surface area contributed by atoms with Gasteiger partial charge in [-0.3, -0.25) is 14.6 Å². The summed E-state index contributed by atoms with van der Waals surface area (Å²) in [5.41, 5.74) is 2.07. The molecule has 0 radical (unpaired) electrons. The number of amides is 2. The average molecular weight is 395 g/mol. The molecule has 0 unspecified atom stereocenters. The largest absolute Gasteiger partial charge is 0.355 e. The first-order valence-electron chi connectivity index (χ1n) is 9.24. The van der Waals surface area contributed by atoms with E-state index in [0.29, 0.717) is 30.5 Å². The number of carbonyl (C=O) groups excluding carboxylic acids is 2. The number of hydrogen-bond donors (Lipinski definition) is 3. The molecule has 0 saturated heterocycles. The fourth-order valence-electron chi connectivity index (χ4n) is 3.42. The first-order chi connectivity index (χ1) is 12.9. The molecule has 1 saturated carbocycles. The first-order valence-corrected chi connectivity index (χ1v) is 10.1. The predicted molar refractivity (Wildman–Crippen MR) is 108 cm³/mol. The molecule has 9 heteroatoms. The maximum Gasteiger partial charge on any atom is 0.263 e. The maximum absolute atomic E-state index is 12.6. The number of rotatable bonds is 7. The number of aliphatic imine (C=N–C) groups is 1. The molecule has 1 aromatic rings. The van der Waals surface area contributed by atoms with E-state index in [1.165, 1.54) is 11.3 Å². The smallest absolute Gasteiger partial charge is 0.263 e. The van der Waals surface area contributed by atoms with Crippen LogP contribution in [-0.4, -0.2) is 68.4 Å². The fraction of sp³-hybridized carbons (Fsp3) is 0.667. The number of hydrogen-bond acceptors (Lipinski definition) is 5. The lowest BCUT2D eigenvalue weighted by atomic mass is 9.84.